The van der Waals surface area contributed by atoms with Crippen LogP contribution in [0.15, 0.2) is 29.3 Å². The number of methoxy groups -OCH3 is 1. The van der Waals surface area contributed by atoms with E-state index in [1.807, 2.05) is 18.2 Å². The molecule has 0 aliphatic carbocycles. The third-order valence-corrected chi connectivity index (χ3v) is 4.99. The Kier molecular flexibility index (Phi) is 17.8. The van der Waals surface area contributed by atoms with E-state index in [9.17, 15) is 0 Å². The van der Waals surface area contributed by atoms with E-state index in [1.54, 1.807) is 14.2 Å². The zero-order chi connectivity index (χ0) is 20.6. The molecule has 0 heterocycles. The van der Waals surface area contributed by atoms with E-state index in [4.69, 9.17) is 21.1 Å². The summed E-state index contributed by atoms with van der Waals surface area (Å²) in [6.45, 7) is 9.93. The van der Waals surface area contributed by atoms with Crippen LogP contribution in [0.5, 0.6) is 0 Å². The van der Waals surface area contributed by atoms with E-state index < -0.39 is 0 Å². The summed E-state index contributed by atoms with van der Waals surface area (Å²) in [5, 5.41) is 7.63. The van der Waals surface area contributed by atoms with E-state index >= 15 is 0 Å². The molecule has 168 valence electrons. The molecule has 0 aliphatic rings. The van der Waals surface area contributed by atoms with Crippen LogP contribution < -0.4 is 10.6 Å². The molecule has 0 radical (unpaired) electrons. The first-order chi connectivity index (χ1) is 13.7. The van der Waals surface area contributed by atoms with Gasteiger partial charge >= 0.3 is 0 Å². The number of benzene rings is 1. The second-order valence-corrected chi connectivity index (χ2v) is 6.86. The van der Waals surface area contributed by atoms with E-state index in [1.165, 1.54) is 0 Å². The molecule has 0 amide bonds. The van der Waals surface area contributed by atoms with Gasteiger partial charge in [0.2, 0.25) is 0 Å². The Morgan fingerprint density at radius 1 is 1.10 bits per heavy atom. The second-order valence-electron chi connectivity index (χ2n) is 6.45. The fourth-order valence-corrected chi connectivity index (χ4v) is 3.30. The van der Waals surface area contributed by atoms with Crippen molar-refractivity contribution in [3.63, 3.8) is 0 Å². The van der Waals surface area contributed by atoms with Crippen LogP contribution in [0.3, 0.4) is 0 Å². The lowest BCUT2D eigenvalue weighted by Gasteiger charge is -2.31. The molecule has 8 heteroatoms. The normalized spacial score (nSPS) is 12.6. The highest BCUT2D eigenvalue weighted by molar-refractivity contribution is 14.0. The van der Waals surface area contributed by atoms with Gasteiger partial charge in [0.15, 0.2) is 5.96 Å². The average molecular weight is 541 g/mol. The highest BCUT2D eigenvalue weighted by Crippen LogP contribution is 2.26. The summed E-state index contributed by atoms with van der Waals surface area (Å²) in [7, 11) is 3.48. The Hall–Kier alpha value is -0.610. The molecule has 0 spiro atoms. The van der Waals surface area contributed by atoms with Gasteiger partial charge in [0, 0.05) is 38.9 Å². The van der Waals surface area contributed by atoms with Gasteiger partial charge in [-0.05, 0) is 37.6 Å². The number of hydrogen-bond donors (Lipinski definition) is 2. The fraction of sp³-hybridized carbons (Fsp3) is 0.667. The molecule has 1 aromatic rings. The highest BCUT2D eigenvalue weighted by Gasteiger charge is 2.20. The summed E-state index contributed by atoms with van der Waals surface area (Å²) in [5.41, 5.74) is 1.14. The molecular formula is C21H38ClIN4O2. The first-order valence-corrected chi connectivity index (χ1v) is 10.5. The molecule has 2 N–H and O–H groups in total. The van der Waals surface area contributed by atoms with Gasteiger partial charge in [-0.2, -0.15) is 0 Å². The van der Waals surface area contributed by atoms with Gasteiger partial charge in [-0.15, -0.1) is 24.0 Å². The molecule has 1 atom stereocenters. The van der Waals surface area contributed by atoms with Gasteiger partial charge in [0.1, 0.15) is 0 Å². The first-order valence-electron chi connectivity index (χ1n) is 10.2. The van der Waals surface area contributed by atoms with Crippen molar-refractivity contribution in [2.24, 2.45) is 4.99 Å². The van der Waals surface area contributed by atoms with Crippen LogP contribution in [0.4, 0.5) is 0 Å². The smallest absolute Gasteiger partial charge is 0.191 e. The third-order valence-electron chi connectivity index (χ3n) is 4.64. The molecule has 1 aromatic carbocycles. The summed E-state index contributed by atoms with van der Waals surface area (Å²) in [4.78, 5) is 6.74. The molecular weight excluding hydrogens is 503 g/mol. The predicted octanol–water partition coefficient (Wildman–Crippen LogP) is 3.95. The van der Waals surface area contributed by atoms with Crippen molar-refractivity contribution >= 4 is 41.5 Å². The van der Waals surface area contributed by atoms with E-state index in [0.717, 1.165) is 62.2 Å². The van der Waals surface area contributed by atoms with Crippen molar-refractivity contribution in [1.82, 2.24) is 15.5 Å². The molecule has 0 fully saturated rings. The van der Waals surface area contributed by atoms with Crippen LogP contribution in [0.25, 0.3) is 0 Å². The highest BCUT2D eigenvalue weighted by atomic mass is 127. The molecule has 1 unspecified atom stereocenters. The van der Waals surface area contributed by atoms with Gasteiger partial charge < -0.3 is 20.1 Å². The van der Waals surface area contributed by atoms with E-state index in [-0.39, 0.29) is 30.0 Å². The van der Waals surface area contributed by atoms with Crippen LogP contribution >= 0.6 is 35.6 Å². The molecule has 0 aromatic heterocycles. The molecule has 0 saturated heterocycles. The summed E-state index contributed by atoms with van der Waals surface area (Å²) in [5.74, 6) is 0.810. The largest absolute Gasteiger partial charge is 0.382 e. The van der Waals surface area contributed by atoms with Crippen molar-refractivity contribution in [1.29, 1.82) is 0 Å². The number of likely N-dealkylation sites (N-methyl/N-ethyl adjacent to an activating group) is 1. The standard InChI is InChI=1S/C21H37ClN4O2.HI/c1-5-26(6-2)20(18-11-7-8-12-19(18)22)17-25-21(23-3)24-13-9-10-14-28-16-15-27-4;/h7-8,11-12,20H,5-6,9-10,13-17H2,1-4H3,(H2,23,24,25);1H. The first kappa shape index (κ1) is 28.4. The quantitative estimate of drug-likeness (QED) is 0.162. The molecule has 29 heavy (non-hydrogen) atoms. The maximum atomic E-state index is 6.47. The van der Waals surface area contributed by atoms with E-state index in [0.29, 0.717) is 13.2 Å². The number of hydrogen-bond acceptors (Lipinski definition) is 4. The summed E-state index contributed by atoms with van der Waals surface area (Å²) < 4.78 is 10.4. The van der Waals surface area contributed by atoms with Crippen molar-refractivity contribution in [2.75, 3.05) is 60.2 Å². The zero-order valence-electron chi connectivity index (χ0n) is 18.2. The number of rotatable bonds is 14. The van der Waals surface area contributed by atoms with Crippen LogP contribution in [0, 0.1) is 0 Å². The number of ether oxygens (including phenoxy) is 2. The average Bonchev–Trinajstić information content (AvgIpc) is 2.72. The lowest BCUT2D eigenvalue weighted by molar-refractivity contribution is 0.0689. The third kappa shape index (κ3) is 11.4. The Labute approximate surface area is 198 Å². The Morgan fingerprint density at radius 2 is 1.83 bits per heavy atom. The topological polar surface area (TPSA) is 58.1 Å². The minimum Gasteiger partial charge on any atom is -0.382 e. The molecule has 1 rings (SSSR count). The van der Waals surface area contributed by atoms with Gasteiger partial charge in [-0.1, -0.05) is 43.6 Å². The maximum Gasteiger partial charge on any atom is 0.191 e. The van der Waals surface area contributed by atoms with Crippen LogP contribution in [-0.4, -0.2) is 71.0 Å². The fourth-order valence-electron chi connectivity index (χ4n) is 3.04. The summed E-state index contributed by atoms with van der Waals surface area (Å²) in [6.07, 6.45) is 2.03. The zero-order valence-corrected chi connectivity index (χ0v) is 21.3. The van der Waals surface area contributed by atoms with Crippen molar-refractivity contribution in [3.8, 4) is 0 Å². The lowest BCUT2D eigenvalue weighted by Crippen LogP contribution is -2.43. The predicted molar refractivity (Wildman–Crippen MR) is 134 cm³/mol. The number of nitrogens with one attached hydrogen (secondary N) is 2. The molecule has 0 bridgehead atoms. The number of guanidine groups is 1. The van der Waals surface area contributed by atoms with Gasteiger partial charge in [-0.25, -0.2) is 0 Å². The van der Waals surface area contributed by atoms with Crippen LogP contribution in [-0.2, 0) is 9.47 Å². The lowest BCUT2D eigenvalue weighted by atomic mass is 10.0. The van der Waals surface area contributed by atoms with Crippen molar-refractivity contribution in [3.05, 3.63) is 34.9 Å². The van der Waals surface area contributed by atoms with Gasteiger partial charge in [0.05, 0.1) is 19.3 Å². The number of nitrogens with zero attached hydrogens (tertiary/aromatic N) is 2. The Bertz CT molecular complexity index is 559. The Balaban J connectivity index is 0.00000784. The molecule has 6 nitrogen and oxygen atoms in total. The van der Waals surface area contributed by atoms with Gasteiger partial charge in [-0.3, -0.25) is 9.89 Å². The minimum absolute atomic E-state index is 0. The number of halogens is 2. The van der Waals surface area contributed by atoms with E-state index in [2.05, 4.69) is 40.4 Å². The van der Waals surface area contributed by atoms with Crippen LogP contribution in [0.1, 0.15) is 38.3 Å². The SMILES string of the molecule is CCN(CC)C(CNC(=NC)NCCCCOCCOC)c1ccccc1Cl.I. The summed E-state index contributed by atoms with van der Waals surface area (Å²) in [6, 6.07) is 8.26. The maximum absolute atomic E-state index is 6.47. The van der Waals surface area contributed by atoms with Crippen molar-refractivity contribution in [2.45, 2.75) is 32.7 Å². The minimum atomic E-state index is 0. The second kappa shape index (κ2) is 18.2. The number of aliphatic imine (C=N–C) groups is 1. The van der Waals surface area contributed by atoms with Crippen molar-refractivity contribution < 1.29 is 9.47 Å². The number of unbranched alkanes of at least 4 members (excludes halogenated alkanes) is 1. The van der Waals surface area contributed by atoms with Crippen LogP contribution in [0.2, 0.25) is 5.02 Å². The molecule has 0 saturated carbocycles. The molecule has 0 aliphatic heterocycles. The Morgan fingerprint density at radius 3 is 2.45 bits per heavy atom. The summed E-state index contributed by atoms with van der Waals surface area (Å²) >= 11 is 6.47. The van der Waals surface area contributed by atoms with Gasteiger partial charge in [0.25, 0.3) is 0 Å². The monoisotopic (exact) mass is 540 g/mol.